The maximum atomic E-state index is 10.7. The van der Waals surface area contributed by atoms with Crippen molar-refractivity contribution in [3.05, 3.63) is 0 Å². The number of hydrogen-bond acceptors (Lipinski definition) is 4. The summed E-state index contributed by atoms with van der Waals surface area (Å²) in [7, 11) is -5.18. The Morgan fingerprint density at radius 2 is 1.91 bits per heavy atom. The predicted molar refractivity (Wildman–Crippen MR) is 43.1 cm³/mol. The van der Waals surface area contributed by atoms with Gasteiger partial charge in [-0.2, -0.15) is 8.42 Å². The molecule has 6 heteroatoms. The summed E-state index contributed by atoms with van der Waals surface area (Å²) >= 11 is 0. The second-order valence-electron chi connectivity index (χ2n) is 3.64. The van der Waals surface area contributed by atoms with E-state index in [0.29, 0.717) is 0 Å². The quantitative estimate of drug-likeness (QED) is 0.574. The molecule has 1 atom stereocenters. The summed E-state index contributed by atoms with van der Waals surface area (Å²) in [5.41, 5.74) is -0.215. The molecule has 11 heavy (non-hydrogen) atoms. The summed E-state index contributed by atoms with van der Waals surface area (Å²) in [6.07, 6.45) is 0. The van der Waals surface area contributed by atoms with Gasteiger partial charge in [0.05, 0.1) is 20.4 Å². The molecule has 1 heterocycles. The third-order valence-electron chi connectivity index (χ3n) is 1.56. The Morgan fingerprint density at radius 3 is 2.09 bits per heavy atom. The van der Waals surface area contributed by atoms with E-state index in [-0.39, 0.29) is 12.3 Å². The number of hydrogen-bond donors (Lipinski definition) is 0. The van der Waals surface area contributed by atoms with Gasteiger partial charge in [-0.25, -0.2) is 8.37 Å². The van der Waals surface area contributed by atoms with Crippen LogP contribution >= 0.6 is 0 Å². The minimum Gasteiger partial charge on any atom is -0.246 e. The van der Waals surface area contributed by atoms with Crippen LogP contribution in [-0.4, -0.2) is 28.8 Å². The van der Waals surface area contributed by atoms with Gasteiger partial charge < -0.3 is 0 Å². The molecule has 0 aromatic carbocycles. The van der Waals surface area contributed by atoms with E-state index >= 15 is 0 Å². The molecule has 1 fully saturated rings. The SMILES string of the molecule is C[Si](C)(C)[C@@H]1COS(=O)(=O)O1. The predicted octanol–water partition coefficient (Wildman–Crippen LogP) is 0.524. The van der Waals surface area contributed by atoms with Crippen molar-refractivity contribution in [1.82, 2.24) is 0 Å². The lowest BCUT2D eigenvalue weighted by Gasteiger charge is -2.19. The lowest BCUT2D eigenvalue weighted by molar-refractivity contribution is 0.309. The van der Waals surface area contributed by atoms with Crippen molar-refractivity contribution in [3.63, 3.8) is 0 Å². The van der Waals surface area contributed by atoms with Crippen LogP contribution in [0.25, 0.3) is 0 Å². The minimum atomic E-state index is -3.64. The van der Waals surface area contributed by atoms with Crippen LogP contribution < -0.4 is 0 Å². The van der Waals surface area contributed by atoms with Crippen LogP contribution in [0.4, 0.5) is 0 Å². The molecule has 0 amide bonds. The van der Waals surface area contributed by atoms with Crippen molar-refractivity contribution in [2.24, 2.45) is 0 Å². The average molecular weight is 196 g/mol. The fourth-order valence-corrected chi connectivity index (χ4v) is 3.64. The first-order valence-corrected chi connectivity index (χ1v) is 8.30. The van der Waals surface area contributed by atoms with E-state index in [1.807, 2.05) is 19.6 Å². The third-order valence-corrected chi connectivity index (χ3v) is 4.84. The first-order chi connectivity index (χ1) is 4.81. The largest absolute Gasteiger partial charge is 0.399 e. The maximum absolute atomic E-state index is 10.7. The van der Waals surface area contributed by atoms with Crippen LogP contribution in [0.2, 0.25) is 19.6 Å². The monoisotopic (exact) mass is 196 g/mol. The molecule has 0 N–H and O–H groups in total. The van der Waals surface area contributed by atoms with Crippen LogP contribution in [-0.2, 0) is 18.8 Å². The van der Waals surface area contributed by atoms with Gasteiger partial charge in [-0.05, 0) is 0 Å². The zero-order valence-electron chi connectivity index (χ0n) is 6.83. The number of rotatable bonds is 1. The minimum absolute atomic E-state index is 0.193. The van der Waals surface area contributed by atoms with E-state index < -0.39 is 18.5 Å². The lowest BCUT2D eigenvalue weighted by Crippen LogP contribution is -2.39. The molecule has 1 rings (SSSR count). The molecular weight excluding hydrogens is 184 g/mol. The summed E-state index contributed by atoms with van der Waals surface area (Å²) in [5.74, 6) is 0. The highest BCUT2D eigenvalue weighted by Gasteiger charge is 2.39. The smallest absolute Gasteiger partial charge is 0.246 e. The fraction of sp³-hybridized carbons (Fsp3) is 1.00. The van der Waals surface area contributed by atoms with Gasteiger partial charge in [0, 0.05) is 0 Å². The van der Waals surface area contributed by atoms with Crippen molar-refractivity contribution in [2.75, 3.05) is 6.61 Å². The Kier molecular flexibility index (Phi) is 2.12. The summed E-state index contributed by atoms with van der Waals surface area (Å²) in [4.78, 5) is 0. The van der Waals surface area contributed by atoms with Gasteiger partial charge in [-0.3, -0.25) is 0 Å². The maximum Gasteiger partial charge on any atom is 0.399 e. The summed E-state index contributed by atoms with van der Waals surface area (Å²) in [6, 6.07) is 0. The zero-order valence-corrected chi connectivity index (χ0v) is 8.64. The first-order valence-electron chi connectivity index (χ1n) is 3.39. The van der Waals surface area contributed by atoms with Crippen LogP contribution in [0.3, 0.4) is 0 Å². The summed E-state index contributed by atoms with van der Waals surface area (Å²) in [5, 5.41) is 0. The average Bonchev–Trinajstić information content (AvgIpc) is 2.07. The van der Waals surface area contributed by atoms with Gasteiger partial charge in [0.1, 0.15) is 0 Å². The van der Waals surface area contributed by atoms with Crippen molar-refractivity contribution in [1.29, 1.82) is 0 Å². The molecule has 0 aromatic rings. The normalized spacial score (nSPS) is 30.6. The Balaban J connectivity index is 2.70. The topological polar surface area (TPSA) is 52.6 Å². The molecule has 66 valence electrons. The van der Waals surface area contributed by atoms with E-state index in [4.69, 9.17) is 4.18 Å². The van der Waals surface area contributed by atoms with Crippen LogP contribution in [0, 0.1) is 0 Å². The molecule has 0 unspecified atom stereocenters. The summed E-state index contributed by atoms with van der Waals surface area (Å²) < 4.78 is 30.5. The highest BCUT2D eigenvalue weighted by molar-refractivity contribution is 7.82. The Labute approximate surface area is 67.8 Å². The van der Waals surface area contributed by atoms with E-state index in [9.17, 15) is 8.42 Å². The van der Waals surface area contributed by atoms with Gasteiger partial charge in [-0.1, -0.05) is 19.6 Å². The van der Waals surface area contributed by atoms with E-state index in [1.54, 1.807) is 0 Å². The second kappa shape index (κ2) is 2.55. The van der Waals surface area contributed by atoms with E-state index in [2.05, 4.69) is 4.18 Å². The van der Waals surface area contributed by atoms with Crippen LogP contribution in [0.1, 0.15) is 0 Å². The molecule has 0 bridgehead atoms. The first kappa shape index (κ1) is 9.18. The molecule has 1 saturated heterocycles. The molecule has 1 aliphatic rings. The highest BCUT2D eigenvalue weighted by Crippen LogP contribution is 2.21. The molecule has 1 aliphatic heterocycles. The molecule has 0 radical (unpaired) electrons. The Bertz CT molecular complexity index is 240. The van der Waals surface area contributed by atoms with Crippen LogP contribution in [0.5, 0.6) is 0 Å². The molecule has 0 saturated carbocycles. The second-order valence-corrected chi connectivity index (χ2v) is 10.3. The van der Waals surface area contributed by atoms with Crippen molar-refractivity contribution in [3.8, 4) is 0 Å². The van der Waals surface area contributed by atoms with Gasteiger partial charge in [-0.15, -0.1) is 0 Å². The Hall–Kier alpha value is 0.0869. The molecule has 0 aliphatic carbocycles. The zero-order chi connectivity index (χ0) is 8.70. The van der Waals surface area contributed by atoms with Crippen molar-refractivity contribution in [2.45, 2.75) is 25.4 Å². The summed E-state index contributed by atoms with van der Waals surface area (Å²) in [6.45, 7) is 6.32. The van der Waals surface area contributed by atoms with Crippen molar-refractivity contribution < 1.29 is 16.8 Å². The van der Waals surface area contributed by atoms with Crippen molar-refractivity contribution >= 4 is 18.5 Å². The fourth-order valence-electron chi connectivity index (χ4n) is 0.737. The van der Waals surface area contributed by atoms with E-state index in [1.165, 1.54) is 0 Å². The standard InChI is InChI=1S/C5H12O4SSi/c1-11(2,3)5-4-8-10(6,7)9-5/h5H,4H2,1-3H3/t5-/m1/s1. The third kappa shape index (κ3) is 2.26. The van der Waals surface area contributed by atoms with E-state index in [0.717, 1.165) is 0 Å². The molecular formula is C5H12O4SSi. The van der Waals surface area contributed by atoms with Crippen LogP contribution in [0.15, 0.2) is 0 Å². The van der Waals surface area contributed by atoms with Gasteiger partial charge in [0.25, 0.3) is 0 Å². The molecule has 0 aromatic heterocycles. The van der Waals surface area contributed by atoms with Gasteiger partial charge in [0.15, 0.2) is 0 Å². The van der Waals surface area contributed by atoms with Gasteiger partial charge in [0.2, 0.25) is 0 Å². The highest BCUT2D eigenvalue weighted by atomic mass is 32.3. The molecule has 4 nitrogen and oxygen atoms in total. The Morgan fingerprint density at radius 1 is 1.36 bits per heavy atom. The van der Waals surface area contributed by atoms with Gasteiger partial charge >= 0.3 is 10.4 Å². The lowest BCUT2D eigenvalue weighted by atomic mass is 10.8. The molecule has 0 spiro atoms.